The number of hydrogen-bond donors (Lipinski definition) is 1. The number of esters is 1. The summed E-state index contributed by atoms with van der Waals surface area (Å²) in [7, 11) is 0.388. The number of nitrogens with zero attached hydrogens (tertiary/aromatic N) is 3. The fraction of sp³-hybridized carbons (Fsp3) is 0.316. The smallest absolute Gasteiger partial charge is 0.354 e. The van der Waals surface area contributed by atoms with Crippen LogP contribution in [-0.4, -0.2) is 61.5 Å². The summed E-state index contributed by atoms with van der Waals surface area (Å²) in [6.07, 6.45) is 1.30. The first kappa shape index (κ1) is 22.7. The number of sulfonamides is 1. The second kappa shape index (κ2) is 9.04. The summed E-state index contributed by atoms with van der Waals surface area (Å²) in [5.74, 6) is -0.497. The number of fused-ring (bicyclic) bond motifs is 1. The van der Waals surface area contributed by atoms with Crippen molar-refractivity contribution in [2.75, 3.05) is 32.6 Å². The van der Waals surface area contributed by atoms with E-state index in [4.69, 9.17) is 9.47 Å². The van der Waals surface area contributed by atoms with Crippen molar-refractivity contribution in [3.8, 4) is 5.75 Å². The van der Waals surface area contributed by atoms with E-state index in [9.17, 15) is 18.0 Å². The van der Waals surface area contributed by atoms with Crippen LogP contribution in [0.15, 0.2) is 35.4 Å². The van der Waals surface area contributed by atoms with Crippen molar-refractivity contribution in [2.24, 2.45) is 7.05 Å². The number of hydrogen-bond acceptors (Lipinski definition) is 8. The van der Waals surface area contributed by atoms with E-state index in [1.165, 1.54) is 35.2 Å². The number of thiazole rings is 1. The summed E-state index contributed by atoms with van der Waals surface area (Å²) >= 11 is 1.25. The molecule has 0 aliphatic carbocycles. The van der Waals surface area contributed by atoms with Crippen LogP contribution in [0.3, 0.4) is 0 Å². The lowest BCUT2D eigenvalue weighted by Crippen LogP contribution is -2.34. The van der Waals surface area contributed by atoms with E-state index >= 15 is 0 Å². The first-order chi connectivity index (χ1) is 14.6. The average molecular weight is 467 g/mol. The molecule has 0 bridgehead atoms. The molecule has 10 nitrogen and oxygen atoms in total. The van der Waals surface area contributed by atoms with Gasteiger partial charge in [-0.15, -0.1) is 0 Å². The van der Waals surface area contributed by atoms with E-state index in [0.29, 0.717) is 16.4 Å². The molecule has 166 valence electrons. The van der Waals surface area contributed by atoms with Crippen molar-refractivity contribution in [1.29, 1.82) is 0 Å². The molecule has 0 aliphatic rings. The van der Waals surface area contributed by atoms with Crippen molar-refractivity contribution in [3.63, 3.8) is 0 Å². The molecule has 0 saturated carbocycles. The van der Waals surface area contributed by atoms with Gasteiger partial charge in [0.2, 0.25) is 15.9 Å². The van der Waals surface area contributed by atoms with E-state index < -0.39 is 28.4 Å². The summed E-state index contributed by atoms with van der Waals surface area (Å²) < 4.78 is 38.9. The van der Waals surface area contributed by atoms with Gasteiger partial charge in [0.05, 0.1) is 30.5 Å². The number of aromatic nitrogens is 2. The molecule has 3 rings (SSSR count). The van der Waals surface area contributed by atoms with Crippen LogP contribution in [0, 0.1) is 0 Å². The van der Waals surface area contributed by atoms with Gasteiger partial charge in [-0.3, -0.25) is 4.79 Å². The fourth-order valence-corrected chi connectivity index (χ4v) is 4.90. The fourth-order valence-electron chi connectivity index (χ4n) is 2.79. The lowest BCUT2D eigenvalue weighted by atomic mass is 10.3. The molecule has 1 N–H and O–H groups in total. The molecule has 3 aromatic rings. The average Bonchev–Trinajstić information content (AvgIpc) is 3.30. The van der Waals surface area contributed by atoms with Gasteiger partial charge in [-0.25, -0.2) is 18.2 Å². The molecule has 0 spiro atoms. The number of anilines is 1. The molecular weight excluding hydrogens is 444 g/mol. The predicted molar refractivity (Wildman–Crippen MR) is 116 cm³/mol. The highest BCUT2D eigenvalue weighted by Crippen LogP contribution is 2.29. The Bertz CT molecular complexity index is 1230. The third-order valence-corrected chi connectivity index (χ3v) is 7.08. The van der Waals surface area contributed by atoms with Crippen LogP contribution < -0.4 is 10.1 Å². The highest BCUT2D eigenvalue weighted by Gasteiger charge is 2.27. The number of aryl methyl sites for hydroxylation is 1. The van der Waals surface area contributed by atoms with Crippen LogP contribution in [0.5, 0.6) is 5.75 Å². The van der Waals surface area contributed by atoms with E-state index in [2.05, 4.69) is 10.3 Å². The third kappa shape index (κ3) is 4.86. The van der Waals surface area contributed by atoms with Crippen molar-refractivity contribution in [3.05, 3.63) is 36.2 Å². The highest BCUT2D eigenvalue weighted by molar-refractivity contribution is 7.89. The van der Waals surface area contributed by atoms with Crippen LogP contribution in [0.1, 0.15) is 17.4 Å². The number of ether oxygens (including phenoxy) is 2. The van der Waals surface area contributed by atoms with Gasteiger partial charge in [0.1, 0.15) is 16.3 Å². The number of benzene rings is 1. The van der Waals surface area contributed by atoms with Crippen molar-refractivity contribution in [1.82, 2.24) is 13.9 Å². The number of methoxy groups -OCH3 is 1. The molecule has 0 saturated heterocycles. The van der Waals surface area contributed by atoms with Crippen molar-refractivity contribution in [2.45, 2.75) is 11.8 Å². The lowest BCUT2D eigenvalue weighted by molar-refractivity contribution is -0.116. The summed E-state index contributed by atoms with van der Waals surface area (Å²) in [5, 5.41) is 2.97. The monoisotopic (exact) mass is 466 g/mol. The van der Waals surface area contributed by atoms with Gasteiger partial charge >= 0.3 is 5.97 Å². The van der Waals surface area contributed by atoms with E-state index in [1.807, 2.05) is 0 Å². The van der Waals surface area contributed by atoms with Gasteiger partial charge in [0.15, 0.2) is 5.13 Å². The number of rotatable bonds is 8. The summed E-state index contributed by atoms with van der Waals surface area (Å²) in [5.41, 5.74) is 0.793. The van der Waals surface area contributed by atoms with Crippen molar-refractivity contribution < 1.29 is 27.5 Å². The minimum absolute atomic E-state index is 0.100. The molecule has 2 heterocycles. The topological polar surface area (TPSA) is 120 Å². The predicted octanol–water partition coefficient (Wildman–Crippen LogP) is 2.08. The van der Waals surface area contributed by atoms with Gasteiger partial charge in [-0.05, 0) is 31.2 Å². The SMILES string of the molecule is CCOC(=O)c1cc(S(=O)(=O)N(C)CC(=O)Nc2nc3ccc(OC)cc3s2)cn1C. The Morgan fingerprint density at radius 2 is 2.03 bits per heavy atom. The Kier molecular flexibility index (Phi) is 6.62. The van der Waals surface area contributed by atoms with E-state index in [1.54, 1.807) is 39.3 Å². The molecule has 1 aromatic carbocycles. The number of nitrogens with one attached hydrogen (secondary N) is 1. The van der Waals surface area contributed by atoms with Gasteiger partial charge < -0.3 is 19.4 Å². The normalized spacial score (nSPS) is 11.6. The summed E-state index contributed by atoms with van der Waals surface area (Å²) in [4.78, 5) is 28.6. The number of carbonyl (C=O) groups is 2. The van der Waals surface area contributed by atoms with Crippen LogP contribution >= 0.6 is 11.3 Å². The van der Waals surface area contributed by atoms with Gasteiger partial charge in [0.25, 0.3) is 0 Å². The molecule has 0 fully saturated rings. The Morgan fingerprint density at radius 1 is 1.29 bits per heavy atom. The molecule has 2 aromatic heterocycles. The zero-order valence-electron chi connectivity index (χ0n) is 17.4. The second-order valence-electron chi connectivity index (χ2n) is 6.55. The zero-order chi connectivity index (χ0) is 22.8. The molecule has 0 unspecified atom stereocenters. The summed E-state index contributed by atoms with van der Waals surface area (Å²) in [6, 6.07) is 6.56. The molecule has 0 aliphatic heterocycles. The number of likely N-dealkylation sites (N-methyl/N-ethyl adjacent to an activating group) is 1. The number of carbonyl (C=O) groups excluding carboxylic acids is 2. The molecule has 0 radical (unpaired) electrons. The van der Waals surface area contributed by atoms with Gasteiger partial charge in [0, 0.05) is 20.3 Å². The van der Waals surface area contributed by atoms with E-state index in [-0.39, 0.29) is 17.2 Å². The largest absolute Gasteiger partial charge is 0.497 e. The molecule has 1 amide bonds. The molecule has 31 heavy (non-hydrogen) atoms. The molecule has 0 atom stereocenters. The quantitative estimate of drug-likeness (QED) is 0.505. The maximum atomic E-state index is 12.8. The first-order valence-electron chi connectivity index (χ1n) is 9.20. The first-order valence-corrected chi connectivity index (χ1v) is 11.5. The van der Waals surface area contributed by atoms with Gasteiger partial charge in [-0.1, -0.05) is 11.3 Å². The maximum Gasteiger partial charge on any atom is 0.354 e. The van der Waals surface area contributed by atoms with Crippen LogP contribution in [-0.2, 0) is 26.6 Å². The van der Waals surface area contributed by atoms with Crippen LogP contribution in [0.2, 0.25) is 0 Å². The molecule has 12 heteroatoms. The minimum Gasteiger partial charge on any atom is -0.497 e. The maximum absolute atomic E-state index is 12.8. The van der Waals surface area contributed by atoms with Crippen molar-refractivity contribution >= 4 is 48.6 Å². The Balaban J connectivity index is 1.71. The standard InChI is InChI=1S/C19H22N4O6S2/c1-5-29-18(25)15-9-13(10-22(15)2)31(26,27)23(3)11-17(24)21-19-20-14-7-6-12(28-4)8-16(14)30-19/h6-10H,5,11H2,1-4H3,(H,20,21,24). The minimum atomic E-state index is -4.00. The second-order valence-corrected chi connectivity index (χ2v) is 9.63. The van der Waals surface area contributed by atoms with Crippen LogP contribution in [0.25, 0.3) is 10.2 Å². The Hall–Kier alpha value is -2.96. The van der Waals surface area contributed by atoms with Gasteiger partial charge in [-0.2, -0.15) is 4.31 Å². The third-order valence-electron chi connectivity index (χ3n) is 4.38. The lowest BCUT2D eigenvalue weighted by Gasteiger charge is -2.15. The highest BCUT2D eigenvalue weighted by atomic mass is 32.2. The summed E-state index contributed by atoms with van der Waals surface area (Å²) in [6.45, 7) is 1.41. The number of amides is 1. The Labute approximate surface area is 183 Å². The van der Waals surface area contributed by atoms with Crippen LogP contribution in [0.4, 0.5) is 5.13 Å². The molecular formula is C19H22N4O6S2. The zero-order valence-corrected chi connectivity index (χ0v) is 19.0. The Morgan fingerprint density at radius 3 is 2.71 bits per heavy atom. The van der Waals surface area contributed by atoms with E-state index in [0.717, 1.165) is 9.01 Å².